The predicted octanol–water partition coefficient (Wildman–Crippen LogP) is 6.30. The zero-order valence-corrected chi connectivity index (χ0v) is 20.1. The Morgan fingerprint density at radius 1 is 0.938 bits per heavy atom. The third-order valence-electron chi connectivity index (χ3n) is 5.99. The van der Waals surface area contributed by atoms with Crippen LogP contribution in [0.5, 0.6) is 5.75 Å². The fourth-order valence-corrected chi connectivity index (χ4v) is 3.93. The van der Waals surface area contributed by atoms with Gasteiger partial charge in [-0.05, 0) is 49.1 Å². The molecule has 1 atom stereocenters. The standard InChI is InChI=1S/C28H42N2O2/c1-3-4-5-8-15-26(25-13-9-6-10-14-25)23-32-27-19-17-24(18-20-27)22-30(2)28(31)16-11-7-12-21-29/h6,9-10,13-14,17-20,26H,3-5,7-8,11-12,15-16,21-23,29H2,1-2H3. The Morgan fingerprint density at radius 2 is 1.66 bits per heavy atom. The summed E-state index contributed by atoms with van der Waals surface area (Å²) in [5.74, 6) is 1.49. The molecule has 0 aliphatic heterocycles. The van der Waals surface area contributed by atoms with E-state index in [-0.39, 0.29) is 5.91 Å². The molecule has 4 heteroatoms. The van der Waals surface area contributed by atoms with E-state index in [0.29, 0.717) is 32.0 Å². The first-order chi connectivity index (χ1) is 15.6. The fraction of sp³-hybridized carbons (Fsp3) is 0.536. The molecule has 1 amide bonds. The summed E-state index contributed by atoms with van der Waals surface area (Å²) in [6.07, 6.45) is 9.75. The van der Waals surface area contributed by atoms with Crippen molar-refractivity contribution in [3.8, 4) is 5.75 Å². The van der Waals surface area contributed by atoms with E-state index in [0.717, 1.165) is 37.0 Å². The van der Waals surface area contributed by atoms with Gasteiger partial charge < -0.3 is 15.4 Å². The van der Waals surface area contributed by atoms with Crippen molar-refractivity contribution in [2.75, 3.05) is 20.2 Å². The van der Waals surface area contributed by atoms with Crippen LogP contribution in [-0.2, 0) is 11.3 Å². The molecule has 4 nitrogen and oxygen atoms in total. The van der Waals surface area contributed by atoms with E-state index in [2.05, 4.69) is 49.4 Å². The van der Waals surface area contributed by atoms with Crippen LogP contribution in [-0.4, -0.2) is 31.0 Å². The molecule has 0 aliphatic rings. The number of hydrogen-bond donors (Lipinski definition) is 1. The van der Waals surface area contributed by atoms with E-state index in [9.17, 15) is 4.79 Å². The van der Waals surface area contributed by atoms with Gasteiger partial charge in [-0.15, -0.1) is 0 Å². The van der Waals surface area contributed by atoms with Gasteiger partial charge in [0.2, 0.25) is 5.91 Å². The van der Waals surface area contributed by atoms with Gasteiger partial charge in [0, 0.05) is 25.9 Å². The highest BCUT2D eigenvalue weighted by atomic mass is 16.5. The van der Waals surface area contributed by atoms with Crippen LogP contribution < -0.4 is 10.5 Å². The lowest BCUT2D eigenvalue weighted by Crippen LogP contribution is -2.25. The quantitative estimate of drug-likeness (QED) is 0.313. The van der Waals surface area contributed by atoms with Crippen LogP contribution in [0.2, 0.25) is 0 Å². The van der Waals surface area contributed by atoms with Gasteiger partial charge in [0.1, 0.15) is 5.75 Å². The molecule has 0 radical (unpaired) electrons. The first kappa shape index (κ1) is 25.9. The molecule has 1 unspecified atom stereocenters. The summed E-state index contributed by atoms with van der Waals surface area (Å²) in [5.41, 5.74) is 7.99. The zero-order valence-electron chi connectivity index (χ0n) is 20.1. The Kier molecular flexibility index (Phi) is 12.5. The second-order valence-electron chi connectivity index (χ2n) is 8.76. The highest BCUT2D eigenvalue weighted by Crippen LogP contribution is 2.24. The maximum atomic E-state index is 12.3. The number of nitrogens with two attached hydrogens (primary N) is 1. The number of carbonyl (C=O) groups excluding carboxylic acids is 1. The van der Waals surface area contributed by atoms with Crippen molar-refractivity contribution in [1.82, 2.24) is 4.90 Å². The van der Waals surface area contributed by atoms with Crippen LogP contribution in [0.4, 0.5) is 0 Å². The number of benzene rings is 2. The average Bonchev–Trinajstić information content (AvgIpc) is 2.82. The number of amides is 1. The maximum absolute atomic E-state index is 12.3. The molecule has 0 saturated heterocycles. The van der Waals surface area contributed by atoms with Crippen molar-refractivity contribution in [3.63, 3.8) is 0 Å². The van der Waals surface area contributed by atoms with Gasteiger partial charge in [0.25, 0.3) is 0 Å². The maximum Gasteiger partial charge on any atom is 0.222 e. The summed E-state index contributed by atoms with van der Waals surface area (Å²) in [6.45, 7) is 4.26. The number of hydrogen-bond acceptors (Lipinski definition) is 3. The van der Waals surface area contributed by atoms with Crippen LogP contribution >= 0.6 is 0 Å². The second-order valence-corrected chi connectivity index (χ2v) is 8.76. The molecular formula is C28H42N2O2. The molecule has 2 aromatic rings. The number of unbranched alkanes of at least 4 members (excludes halogenated alkanes) is 5. The molecule has 2 rings (SSSR count). The smallest absolute Gasteiger partial charge is 0.222 e. The van der Waals surface area contributed by atoms with Crippen LogP contribution in [0.15, 0.2) is 54.6 Å². The minimum Gasteiger partial charge on any atom is -0.493 e. The summed E-state index contributed by atoms with van der Waals surface area (Å²) >= 11 is 0. The Hall–Kier alpha value is -2.33. The first-order valence-corrected chi connectivity index (χ1v) is 12.3. The second kappa shape index (κ2) is 15.5. The topological polar surface area (TPSA) is 55.6 Å². The normalized spacial score (nSPS) is 11.8. The molecule has 0 spiro atoms. The van der Waals surface area contributed by atoms with Crippen LogP contribution in [0.25, 0.3) is 0 Å². The van der Waals surface area contributed by atoms with Gasteiger partial charge >= 0.3 is 0 Å². The fourth-order valence-electron chi connectivity index (χ4n) is 3.93. The van der Waals surface area contributed by atoms with Gasteiger partial charge in [0.05, 0.1) is 6.61 Å². The molecule has 0 saturated carbocycles. The zero-order chi connectivity index (χ0) is 23.0. The Labute approximate surface area is 195 Å². The van der Waals surface area contributed by atoms with Crippen LogP contribution in [0, 0.1) is 0 Å². The van der Waals surface area contributed by atoms with Crippen molar-refractivity contribution in [2.45, 2.75) is 77.2 Å². The van der Waals surface area contributed by atoms with E-state index in [4.69, 9.17) is 10.5 Å². The highest BCUT2D eigenvalue weighted by Gasteiger charge is 2.13. The molecular weight excluding hydrogens is 396 g/mol. The minimum atomic E-state index is 0.191. The summed E-state index contributed by atoms with van der Waals surface area (Å²) < 4.78 is 6.17. The van der Waals surface area contributed by atoms with Gasteiger partial charge in [0.15, 0.2) is 0 Å². The van der Waals surface area contributed by atoms with E-state index in [1.165, 1.54) is 31.2 Å². The number of carbonyl (C=O) groups is 1. The Morgan fingerprint density at radius 3 is 2.34 bits per heavy atom. The van der Waals surface area contributed by atoms with Gasteiger partial charge in [-0.2, -0.15) is 0 Å². The molecule has 0 aliphatic carbocycles. The van der Waals surface area contributed by atoms with Gasteiger partial charge in [-0.3, -0.25) is 4.79 Å². The molecule has 0 fully saturated rings. The summed E-state index contributed by atoms with van der Waals surface area (Å²) in [6, 6.07) is 18.9. The van der Waals surface area contributed by atoms with Crippen molar-refractivity contribution >= 4 is 5.91 Å². The van der Waals surface area contributed by atoms with E-state index in [1.54, 1.807) is 4.90 Å². The van der Waals surface area contributed by atoms with Crippen molar-refractivity contribution < 1.29 is 9.53 Å². The number of nitrogens with zero attached hydrogens (tertiary/aromatic N) is 1. The number of rotatable bonds is 16. The third-order valence-corrected chi connectivity index (χ3v) is 5.99. The third kappa shape index (κ3) is 9.86. The van der Waals surface area contributed by atoms with E-state index in [1.807, 2.05) is 19.2 Å². The van der Waals surface area contributed by atoms with Crippen LogP contribution in [0.3, 0.4) is 0 Å². The Balaban J connectivity index is 1.83. The monoisotopic (exact) mass is 438 g/mol. The molecule has 32 heavy (non-hydrogen) atoms. The predicted molar refractivity (Wildman–Crippen MR) is 134 cm³/mol. The molecule has 2 aromatic carbocycles. The summed E-state index contributed by atoms with van der Waals surface area (Å²) in [4.78, 5) is 14.1. The molecule has 0 aromatic heterocycles. The van der Waals surface area contributed by atoms with E-state index >= 15 is 0 Å². The van der Waals surface area contributed by atoms with Crippen molar-refractivity contribution in [2.24, 2.45) is 5.73 Å². The minimum absolute atomic E-state index is 0.191. The lowest BCUT2D eigenvalue weighted by Gasteiger charge is -2.19. The van der Waals surface area contributed by atoms with E-state index < -0.39 is 0 Å². The van der Waals surface area contributed by atoms with Crippen LogP contribution in [0.1, 0.15) is 81.8 Å². The summed E-state index contributed by atoms with van der Waals surface area (Å²) in [7, 11) is 1.87. The van der Waals surface area contributed by atoms with Crippen molar-refractivity contribution in [1.29, 1.82) is 0 Å². The lowest BCUT2D eigenvalue weighted by atomic mass is 9.94. The van der Waals surface area contributed by atoms with Gasteiger partial charge in [-0.1, -0.05) is 81.5 Å². The average molecular weight is 439 g/mol. The Bertz CT molecular complexity index is 746. The first-order valence-electron chi connectivity index (χ1n) is 12.3. The summed E-state index contributed by atoms with van der Waals surface area (Å²) in [5, 5.41) is 0. The largest absolute Gasteiger partial charge is 0.493 e. The number of ether oxygens (including phenoxy) is 1. The molecule has 0 bridgehead atoms. The lowest BCUT2D eigenvalue weighted by molar-refractivity contribution is -0.130. The van der Waals surface area contributed by atoms with Gasteiger partial charge in [-0.25, -0.2) is 0 Å². The molecule has 176 valence electrons. The molecule has 2 N–H and O–H groups in total. The highest BCUT2D eigenvalue weighted by molar-refractivity contribution is 5.75. The van der Waals surface area contributed by atoms with Crippen molar-refractivity contribution in [3.05, 3.63) is 65.7 Å². The molecule has 0 heterocycles. The SMILES string of the molecule is CCCCCCC(COc1ccc(CN(C)C(=O)CCCCCN)cc1)c1ccccc1.